The van der Waals surface area contributed by atoms with Gasteiger partial charge in [-0.2, -0.15) is 26.3 Å². The fourth-order valence-electron chi connectivity index (χ4n) is 2.40. The highest BCUT2D eigenvalue weighted by atomic mass is 28.4. The number of rotatable bonds is 5. The Hall–Kier alpha value is -0.993. The van der Waals surface area contributed by atoms with Gasteiger partial charge in [-0.1, -0.05) is 20.8 Å². The molecule has 1 aliphatic rings. The molecule has 0 aromatic carbocycles. The number of halogens is 6. The van der Waals surface area contributed by atoms with Crippen molar-refractivity contribution >= 4 is 14.1 Å². The fourth-order valence-corrected chi connectivity index (χ4v) is 5.02. The highest BCUT2D eigenvalue weighted by molar-refractivity contribution is 6.73. The first-order valence-electron chi connectivity index (χ1n) is 6.51. The lowest BCUT2D eigenvalue weighted by molar-refractivity contribution is -0.320. The van der Waals surface area contributed by atoms with E-state index >= 15 is 0 Å². The van der Waals surface area contributed by atoms with E-state index in [0.717, 1.165) is 0 Å². The van der Waals surface area contributed by atoms with Crippen LogP contribution in [-0.4, -0.2) is 26.5 Å². The summed E-state index contributed by atoms with van der Waals surface area (Å²) in [6.45, 7) is 5.01. The van der Waals surface area contributed by atoms with Crippen LogP contribution in [0.1, 0.15) is 20.8 Å². The molecule has 2 nitrogen and oxygen atoms in total. The minimum absolute atomic E-state index is 0.323. The Morgan fingerprint density at radius 3 is 1.62 bits per heavy atom. The van der Waals surface area contributed by atoms with Gasteiger partial charge in [0.2, 0.25) is 8.32 Å². The van der Waals surface area contributed by atoms with Crippen molar-refractivity contribution in [3.05, 3.63) is 11.8 Å². The number of hydrogen-bond acceptors (Lipinski definition) is 2. The number of carbonyl (C=O) groups excluding carboxylic acids is 1. The molecular weight excluding hydrogens is 318 g/mol. The summed E-state index contributed by atoms with van der Waals surface area (Å²) in [5.41, 5.74) is -4.49. The maximum absolute atomic E-state index is 13.0. The maximum atomic E-state index is 13.0. The average Bonchev–Trinajstić information content (AvgIpc) is 2.31. The Balaban J connectivity index is 3.32. The van der Waals surface area contributed by atoms with Crippen LogP contribution in [0.3, 0.4) is 0 Å². The minimum Gasteiger partial charge on any atom is -0.545 e. The molecule has 9 heteroatoms. The molecule has 0 spiro atoms. The van der Waals surface area contributed by atoms with Crippen LogP contribution in [-0.2, 0) is 9.22 Å². The predicted octanol–water partition coefficient (Wildman–Crippen LogP) is 4.59. The van der Waals surface area contributed by atoms with Crippen molar-refractivity contribution in [2.75, 3.05) is 0 Å². The van der Waals surface area contributed by atoms with Gasteiger partial charge in [0.15, 0.2) is 5.78 Å². The lowest BCUT2D eigenvalue weighted by Crippen LogP contribution is -2.62. The molecule has 0 heterocycles. The second-order valence-corrected chi connectivity index (χ2v) is 9.66. The molecule has 0 saturated heterocycles. The van der Waals surface area contributed by atoms with Gasteiger partial charge < -0.3 is 4.43 Å². The molecular formula is C12H16F6O2Si. The molecule has 0 amide bonds. The molecule has 0 unspecified atom stereocenters. The zero-order valence-electron chi connectivity index (χ0n) is 11.8. The number of carbonyl (C=O) groups is 1. The molecule has 122 valence electrons. The van der Waals surface area contributed by atoms with E-state index in [4.69, 9.17) is 4.43 Å². The molecule has 0 saturated carbocycles. The van der Waals surface area contributed by atoms with Crippen LogP contribution < -0.4 is 0 Å². The van der Waals surface area contributed by atoms with E-state index in [9.17, 15) is 31.1 Å². The SMILES string of the molecule is CC[Si](CC)(CC)OC1=CC(=O)C1(C(F)(F)F)C(F)(F)F. The third kappa shape index (κ3) is 2.49. The average molecular weight is 334 g/mol. The van der Waals surface area contributed by atoms with Crippen molar-refractivity contribution < 1.29 is 35.6 Å². The van der Waals surface area contributed by atoms with Crippen LogP contribution in [0.4, 0.5) is 26.3 Å². The van der Waals surface area contributed by atoms with Crippen molar-refractivity contribution in [1.82, 2.24) is 0 Å². The van der Waals surface area contributed by atoms with Crippen LogP contribution in [0, 0.1) is 5.41 Å². The Labute approximate surface area is 119 Å². The summed E-state index contributed by atoms with van der Waals surface area (Å²) in [6.07, 6.45) is -11.2. The van der Waals surface area contributed by atoms with Gasteiger partial charge in [-0.15, -0.1) is 0 Å². The molecule has 1 aliphatic carbocycles. The molecule has 21 heavy (non-hydrogen) atoms. The monoisotopic (exact) mass is 334 g/mol. The third-order valence-electron chi connectivity index (χ3n) is 4.11. The molecule has 0 radical (unpaired) electrons. The molecule has 0 fully saturated rings. The highest BCUT2D eigenvalue weighted by Crippen LogP contribution is 2.61. The molecule has 0 atom stereocenters. The van der Waals surface area contributed by atoms with E-state index in [-0.39, 0.29) is 0 Å². The van der Waals surface area contributed by atoms with Crippen molar-refractivity contribution in [2.24, 2.45) is 5.41 Å². The van der Waals surface area contributed by atoms with Gasteiger partial charge in [0.25, 0.3) is 5.41 Å². The molecule has 0 aromatic rings. The molecule has 0 aromatic heterocycles. The Bertz CT molecular complexity index is 425. The van der Waals surface area contributed by atoms with E-state index in [1.807, 2.05) is 0 Å². The Morgan fingerprint density at radius 2 is 1.38 bits per heavy atom. The minimum atomic E-state index is -5.76. The van der Waals surface area contributed by atoms with Crippen molar-refractivity contribution in [3.8, 4) is 0 Å². The van der Waals surface area contributed by atoms with E-state index in [1.165, 1.54) is 0 Å². The summed E-state index contributed by atoms with van der Waals surface area (Å²) < 4.78 is 83.2. The number of ketones is 1. The summed E-state index contributed by atoms with van der Waals surface area (Å²) in [6, 6.07) is 1.12. The summed E-state index contributed by atoms with van der Waals surface area (Å²) in [5.74, 6) is -3.30. The first-order chi connectivity index (χ1) is 9.41. The summed E-state index contributed by atoms with van der Waals surface area (Å²) in [7, 11) is -2.75. The second kappa shape index (κ2) is 5.33. The van der Waals surface area contributed by atoms with Crippen molar-refractivity contribution in [3.63, 3.8) is 0 Å². The quantitative estimate of drug-likeness (QED) is 0.543. The summed E-state index contributed by atoms with van der Waals surface area (Å²) >= 11 is 0. The molecule has 0 bridgehead atoms. The Morgan fingerprint density at radius 1 is 1.00 bits per heavy atom. The van der Waals surface area contributed by atoms with Crippen LogP contribution in [0.15, 0.2) is 11.8 Å². The first-order valence-corrected chi connectivity index (χ1v) is 9.04. The largest absolute Gasteiger partial charge is 0.545 e. The normalized spacial score (nSPS) is 19.1. The standard InChI is InChI=1S/C12H16F6O2Si/c1-4-21(5-2,6-3)20-9-7-8(19)10(9,11(13,14)15)12(16,17)18/h7H,4-6H2,1-3H3. The topological polar surface area (TPSA) is 26.3 Å². The molecule has 1 rings (SSSR count). The van der Waals surface area contributed by atoms with E-state index in [0.29, 0.717) is 24.2 Å². The van der Waals surface area contributed by atoms with Gasteiger partial charge >= 0.3 is 12.4 Å². The first kappa shape index (κ1) is 18.1. The number of allylic oxidation sites excluding steroid dienone is 2. The third-order valence-corrected chi connectivity index (χ3v) is 8.63. The van der Waals surface area contributed by atoms with Gasteiger partial charge in [0.1, 0.15) is 5.76 Å². The van der Waals surface area contributed by atoms with Crippen LogP contribution >= 0.6 is 0 Å². The fraction of sp³-hybridized carbons (Fsp3) is 0.750. The van der Waals surface area contributed by atoms with Gasteiger partial charge in [0, 0.05) is 6.08 Å². The van der Waals surface area contributed by atoms with Crippen LogP contribution in [0.25, 0.3) is 0 Å². The Kier molecular flexibility index (Phi) is 4.58. The van der Waals surface area contributed by atoms with Gasteiger partial charge in [0.05, 0.1) is 0 Å². The molecule has 0 N–H and O–H groups in total. The zero-order valence-corrected chi connectivity index (χ0v) is 12.8. The maximum Gasteiger partial charge on any atom is 0.417 e. The van der Waals surface area contributed by atoms with E-state index in [2.05, 4.69) is 0 Å². The van der Waals surface area contributed by atoms with Gasteiger partial charge in [-0.05, 0) is 18.1 Å². The number of alkyl halides is 6. The van der Waals surface area contributed by atoms with Crippen LogP contribution in [0.5, 0.6) is 0 Å². The smallest absolute Gasteiger partial charge is 0.417 e. The lowest BCUT2D eigenvalue weighted by atomic mass is 9.71. The second-order valence-electron chi connectivity index (χ2n) is 4.96. The number of hydrogen-bond donors (Lipinski definition) is 0. The lowest BCUT2D eigenvalue weighted by Gasteiger charge is -2.45. The van der Waals surface area contributed by atoms with E-state index < -0.39 is 37.6 Å². The summed E-state index contributed by atoms with van der Waals surface area (Å²) in [4.78, 5) is 11.2. The van der Waals surface area contributed by atoms with Crippen LogP contribution in [0.2, 0.25) is 18.1 Å². The van der Waals surface area contributed by atoms with Gasteiger partial charge in [-0.25, -0.2) is 0 Å². The van der Waals surface area contributed by atoms with Gasteiger partial charge in [-0.3, -0.25) is 4.79 Å². The summed E-state index contributed by atoms with van der Waals surface area (Å²) in [5, 5.41) is 0. The molecule has 0 aliphatic heterocycles. The zero-order chi connectivity index (χ0) is 16.7. The van der Waals surface area contributed by atoms with Crippen molar-refractivity contribution in [2.45, 2.75) is 51.3 Å². The predicted molar refractivity (Wildman–Crippen MR) is 65.9 cm³/mol. The highest BCUT2D eigenvalue weighted by Gasteiger charge is 2.81. The van der Waals surface area contributed by atoms with Crippen molar-refractivity contribution in [1.29, 1.82) is 0 Å². The van der Waals surface area contributed by atoms with E-state index in [1.54, 1.807) is 20.8 Å².